The summed E-state index contributed by atoms with van der Waals surface area (Å²) in [6, 6.07) is 5.39. The third-order valence-corrected chi connectivity index (χ3v) is 5.99. The Hall–Kier alpha value is -1.51. The number of rotatable bonds is 2. The van der Waals surface area contributed by atoms with E-state index >= 15 is 0 Å². The number of amides is 1. The van der Waals surface area contributed by atoms with E-state index in [2.05, 4.69) is 5.32 Å². The molecule has 21 heavy (non-hydrogen) atoms. The van der Waals surface area contributed by atoms with Crippen LogP contribution >= 0.6 is 0 Å². The first-order valence-corrected chi connectivity index (χ1v) is 8.15. The van der Waals surface area contributed by atoms with Crippen molar-refractivity contribution in [2.75, 3.05) is 5.32 Å². The molecule has 4 aliphatic carbocycles. The number of phenols is 1. The Balaban J connectivity index is 1.56. The third kappa shape index (κ3) is 2.14. The topological polar surface area (TPSA) is 49.3 Å². The Morgan fingerprint density at radius 1 is 1.14 bits per heavy atom. The summed E-state index contributed by atoms with van der Waals surface area (Å²) in [6.45, 7) is 1.86. The molecule has 0 unspecified atom stereocenters. The Bertz CT molecular complexity index is 558. The number of benzene rings is 1. The lowest BCUT2D eigenvalue weighted by Crippen LogP contribution is -2.51. The number of carbonyl (C=O) groups excluding carboxylic acids is 1. The fraction of sp³-hybridized carbons (Fsp3) is 0.611. The number of nitrogens with one attached hydrogen (secondary N) is 1. The summed E-state index contributed by atoms with van der Waals surface area (Å²) in [5.41, 5.74) is 1.43. The molecule has 0 radical (unpaired) electrons. The molecule has 3 nitrogen and oxygen atoms in total. The molecule has 0 saturated heterocycles. The zero-order valence-electron chi connectivity index (χ0n) is 12.6. The molecule has 1 amide bonds. The maximum Gasteiger partial charge on any atom is 0.230 e. The van der Waals surface area contributed by atoms with E-state index in [-0.39, 0.29) is 17.1 Å². The van der Waals surface area contributed by atoms with Crippen molar-refractivity contribution < 1.29 is 9.90 Å². The van der Waals surface area contributed by atoms with Crippen LogP contribution in [0.15, 0.2) is 18.2 Å². The fourth-order valence-electron chi connectivity index (χ4n) is 5.34. The summed E-state index contributed by atoms with van der Waals surface area (Å²) in [5.74, 6) is 2.75. The molecule has 112 valence electrons. The van der Waals surface area contributed by atoms with Crippen LogP contribution in [-0.4, -0.2) is 11.0 Å². The van der Waals surface area contributed by atoms with Gasteiger partial charge in [-0.25, -0.2) is 0 Å². The smallest absolute Gasteiger partial charge is 0.230 e. The number of aryl methyl sites for hydroxylation is 1. The second-order valence-corrected chi connectivity index (χ2v) is 7.65. The van der Waals surface area contributed by atoms with E-state index in [1.54, 1.807) is 6.07 Å². The SMILES string of the molecule is Cc1ccc(NC(=O)C23CC4CC(CC(C4)C2)C3)cc1O. The van der Waals surface area contributed by atoms with Crippen LogP contribution in [0.5, 0.6) is 5.75 Å². The van der Waals surface area contributed by atoms with Crippen molar-refractivity contribution in [2.24, 2.45) is 23.2 Å². The lowest BCUT2D eigenvalue weighted by Gasteiger charge is -2.55. The van der Waals surface area contributed by atoms with E-state index in [4.69, 9.17) is 0 Å². The van der Waals surface area contributed by atoms with Crippen LogP contribution in [0.1, 0.15) is 44.1 Å². The van der Waals surface area contributed by atoms with Crippen LogP contribution in [0.25, 0.3) is 0 Å². The van der Waals surface area contributed by atoms with Gasteiger partial charge in [0.2, 0.25) is 5.91 Å². The van der Waals surface area contributed by atoms with E-state index in [1.807, 2.05) is 19.1 Å². The number of carbonyl (C=O) groups is 1. The minimum atomic E-state index is -0.130. The molecule has 1 aromatic carbocycles. The molecule has 0 aromatic heterocycles. The zero-order chi connectivity index (χ0) is 14.6. The molecule has 0 spiro atoms. The van der Waals surface area contributed by atoms with Crippen molar-refractivity contribution in [2.45, 2.75) is 45.4 Å². The Morgan fingerprint density at radius 3 is 2.24 bits per heavy atom. The molecule has 4 fully saturated rings. The lowest BCUT2D eigenvalue weighted by atomic mass is 9.49. The van der Waals surface area contributed by atoms with Gasteiger partial charge in [-0.1, -0.05) is 6.07 Å². The summed E-state index contributed by atoms with van der Waals surface area (Å²) in [5, 5.41) is 12.9. The highest BCUT2D eigenvalue weighted by molar-refractivity contribution is 5.95. The Labute approximate surface area is 125 Å². The molecule has 4 saturated carbocycles. The van der Waals surface area contributed by atoms with E-state index in [1.165, 1.54) is 19.3 Å². The van der Waals surface area contributed by atoms with Gasteiger partial charge in [-0.3, -0.25) is 4.79 Å². The minimum absolute atomic E-state index is 0.130. The van der Waals surface area contributed by atoms with Gasteiger partial charge >= 0.3 is 0 Å². The average Bonchev–Trinajstić information content (AvgIpc) is 2.41. The molecule has 0 heterocycles. The average molecular weight is 285 g/mol. The number of aromatic hydroxyl groups is 1. The van der Waals surface area contributed by atoms with Gasteiger partial charge in [0.1, 0.15) is 5.75 Å². The largest absolute Gasteiger partial charge is 0.508 e. The fourth-order valence-corrected chi connectivity index (χ4v) is 5.34. The van der Waals surface area contributed by atoms with Crippen molar-refractivity contribution in [1.29, 1.82) is 0 Å². The number of phenolic OH excluding ortho intramolecular Hbond substituents is 1. The summed E-state index contributed by atoms with van der Waals surface area (Å²) < 4.78 is 0. The van der Waals surface area contributed by atoms with Crippen LogP contribution in [-0.2, 0) is 4.79 Å². The van der Waals surface area contributed by atoms with Gasteiger partial charge in [-0.15, -0.1) is 0 Å². The highest BCUT2D eigenvalue weighted by atomic mass is 16.3. The second kappa shape index (κ2) is 4.49. The minimum Gasteiger partial charge on any atom is -0.508 e. The maximum absolute atomic E-state index is 12.9. The highest BCUT2D eigenvalue weighted by Crippen LogP contribution is 2.60. The molecule has 2 N–H and O–H groups in total. The van der Waals surface area contributed by atoms with Gasteiger partial charge < -0.3 is 10.4 Å². The molecule has 0 atom stereocenters. The van der Waals surface area contributed by atoms with Gasteiger partial charge in [-0.2, -0.15) is 0 Å². The predicted molar refractivity (Wildman–Crippen MR) is 82.1 cm³/mol. The predicted octanol–water partition coefficient (Wildman–Crippen LogP) is 3.86. The zero-order valence-corrected chi connectivity index (χ0v) is 12.6. The van der Waals surface area contributed by atoms with Gasteiger partial charge in [0.25, 0.3) is 0 Å². The molecular formula is C18H23NO2. The standard InChI is InChI=1S/C18H23NO2/c1-11-2-3-15(7-16(11)20)19-17(21)18-8-12-4-13(9-18)6-14(5-12)10-18/h2-3,7,12-14,20H,4-6,8-10H2,1H3,(H,19,21). The number of hydrogen-bond donors (Lipinski definition) is 2. The number of anilines is 1. The van der Waals surface area contributed by atoms with Gasteiger partial charge in [-0.05, 0) is 74.8 Å². The van der Waals surface area contributed by atoms with Crippen LogP contribution in [0, 0.1) is 30.1 Å². The van der Waals surface area contributed by atoms with Gasteiger partial charge in [0.05, 0.1) is 5.41 Å². The van der Waals surface area contributed by atoms with Crippen LogP contribution in [0.3, 0.4) is 0 Å². The molecule has 5 rings (SSSR count). The van der Waals surface area contributed by atoms with E-state index in [0.29, 0.717) is 0 Å². The third-order valence-electron chi connectivity index (χ3n) is 5.99. The Morgan fingerprint density at radius 2 is 1.71 bits per heavy atom. The summed E-state index contributed by atoms with van der Waals surface area (Å²) >= 11 is 0. The normalized spacial score (nSPS) is 36.7. The van der Waals surface area contributed by atoms with E-state index in [9.17, 15) is 9.90 Å². The molecule has 3 heteroatoms. The van der Waals surface area contributed by atoms with E-state index in [0.717, 1.165) is 48.3 Å². The maximum atomic E-state index is 12.9. The molecule has 0 aliphatic heterocycles. The van der Waals surface area contributed by atoms with Crippen molar-refractivity contribution >= 4 is 11.6 Å². The summed E-state index contributed by atoms with van der Waals surface area (Å²) in [4.78, 5) is 12.9. The van der Waals surface area contributed by atoms with Crippen LogP contribution in [0.4, 0.5) is 5.69 Å². The summed E-state index contributed by atoms with van der Waals surface area (Å²) in [6.07, 6.45) is 7.25. The Kier molecular flexibility index (Phi) is 2.82. The first kappa shape index (κ1) is 13.2. The van der Waals surface area contributed by atoms with Gasteiger partial charge in [0, 0.05) is 11.8 Å². The van der Waals surface area contributed by atoms with Crippen molar-refractivity contribution in [3.63, 3.8) is 0 Å². The van der Waals surface area contributed by atoms with Crippen molar-refractivity contribution in [3.8, 4) is 5.75 Å². The molecule has 4 bridgehead atoms. The first-order valence-electron chi connectivity index (χ1n) is 8.15. The quantitative estimate of drug-likeness (QED) is 0.867. The monoisotopic (exact) mass is 285 g/mol. The lowest BCUT2D eigenvalue weighted by molar-refractivity contribution is -0.140. The second-order valence-electron chi connectivity index (χ2n) is 7.65. The van der Waals surface area contributed by atoms with Crippen LogP contribution in [0.2, 0.25) is 0 Å². The van der Waals surface area contributed by atoms with Crippen LogP contribution < -0.4 is 5.32 Å². The molecule has 1 aromatic rings. The molecular weight excluding hydrogens is 262 g/mol. The molecule has 4 aliphatic rings. The van der Waals surface area contributed by atoms with Crippen molar-refractivity contribution in [3.05, 3.63) is 23.8 Å². The van der Waals surface area contributed by atoms with Crippen molar-refractivity contribution in [1.82, 2.24) is 0 Å². The summed E-state index contributed by atoms with van der Waals surface area (Å²) in [7, 11) is 0. The first-order chi connectivity index (χ1) is 10.0. The van der Waals surface area contributed by atoms with Gasteiger partial charge in [0.15, 0.2) is 0 Å². The number of hydrogen-bond acceptors (Lipinski definition) is 2. The highest BCUT2D eigenvalue weighted by Gasteiger charge is 2.54. The van der Waals surface area contributed by atoms with E-state index < -0.39 is 0 Å².